The summed E-state index contributed by atoms with van der Waals surface area (Å²) in [4.78, 5) is 17.4. The smallest absolute Gasteiger partial charge is 0.220 e. The lowest BCUT2D eigenvalue weighted by Crippen LogP contribution is -2.32. The van der Waals surface area contributed by atoms with Gasteiger partial charge in [0.25, 0.3) is 0 Å². The zero-order valence-electron chi connectivity index (χ0n) is 18.8. The van der Waals surface area contributed by atoms with Crippen LogP contribution < -0.4 is 10.1 Å². The van der Waals surface area contributed by atoms with Crippen molar-refractivity contribution in [2.24, 2.45) is 0 Å². The summed E-state index contributed by atoms with van der Waals surface area (Å²) in [5, 5.41) is 3.07. The Morgan fingerprint density at radius 3 is 2.41 bits per heavy atom. The number of carbonyl (C=O) groups excluding carboxylic acids is 1. The Bertz CT molecular complexity index is 1200. The highest BCUT2D eigenvalue weighted by atomic mass is 16.5. The first-order valence-corrected chi connectivity index (χ1v) is 11.1. The summed E-state index contributed by atoms with van der Waals surface area (Å²) in [5.41, 5.74) is 6.06. The first-order valence-electron chi connectivity index (χ1n) is 11.1. The minimum Gasteiger partial charge on any atom is -0.497 e. The number of nitrogens with zero attached hydrogens (tertiary/aromatic N) is 2. The molecule has 0 aliphatic rings. The minimum atomic E-state index is 0.0641. The quantitative estimate of drug-likeness (QED) is 0.403. The molecule has 0 unspecified atom stereocenters. The van der Waals surface area contributed by atoms with Crippen LogP contribution in [0.15, 0.2) is 72.9 Å². The lowest BCUT2D eigenvalue weighted by atomic mass is 10.1. The molecule has 1 amide bonds. The average molecular weight is 428 g/mol. The number of benzene rings is 2. The second kappa shape index (κ2) is 9.69. The normalized spacial score (nSPS) is 12.0. The summed E-state index contributed by atoms with van der Waals surface area (Å²) in [6.45, 7) is 4.10. The lowest BCUT2D eigenvalue weighted by Gasteiger charge is -2.12. The standard InChI is InChI=1S/C27H29N3O2/c1-4-19(2)28-26(31)17-15-24-27(21-10-13-23(32-3)14-11-21)29-25-16-12-22(18-30(24)25)20-8-6-5-7-9-20/h5-14,16,18-19H,4,15,17H2,1-3H3,(H,28,31)/t19-/m0/s1. The molecule has 2 aromatic carbocycles. The zero-order chi connectivity index (χ0) is 22.5. The van der Waals surface area contributed by atoms with Gasteiger partial charge in [-0.2, -0.15) is 0 Å². The van der Waals surface area contributed by atoms with Gasteiger partial charge < -0.3 is 14.5 Å². The van der Waals surface area contributed by atoms with Gasteiger partial charge >= 0.3 is 0 Å². The van der Waals surface area contributed by atoms with Crippen LogP contribution in [0.2, 0.25) is 0 Å². The van der Waals surface area contributed by atoms with E-state index in [4.69, 9.17) is 9.72 Å². The van der Waals surface area contributed by atoms with Crippen LogP contribution in [0.3, 0.4) is 0 Å². The van der Waals surface area contributed by atoms with Crippen LogP contribution in [0.5, 0.6) is 5.75 Å². The molecule has 1 atom stereocenters. The van der Waals surface area contributed by atoms with Crippen LogP contribution in [-0.4, -0.2) is 28.4 Å². The summed E-state index contributed by atoms with van der Waals surface area (Å²) in [6, 6.07) is 22.5. The number of methoxy groups -OCH3 is 1. The number of hydrogen-bond acceptors (Lipinski definition) is 3. The van der Waals surface area contributed by atoms with Crippen LogP contribution in [0.1, 0.15) is 32.4 Å². The Labute approximate surface area is 189 Å². The van der Waals surface area contributed by atoms with Crippen molar-refractivity contribution in [3.8, 4) is 28.1 Å². The molecule has 0 saturated heterocycles. The van der Waals surface area contributed by atoms with E-state index >= 15 is 0 Å². The SMILES string of the molecule is CC[C@H](C)NC(=O)CCc1c(-c2ccc(OC)cc2)nc2ccc(-c3ccccc3)cn12. The molecule has 0 aliphatic heterocycles. The molecule has 5 nitrogen and oxygen atoms in total. The zero-order valence-corrected chi connectivity index (χ0v) is 18.8. The number of nitrogens with one attached hydrogen (secondary N) is 1. The van der Waals surface area contributed by atoms with E-state index in [0.29, 0.717) is 12.8 Å². The van der Waals surface area contributed by atoms with Crippen molar-refractivity contribution in [1.82, 2.24) is 14.7 Å². The van der Waals surface area contributed by atoms with Gasteiger partial charge in [0, 0.05) is 24.2 Å². The molecule has 0 saturated carbocycles. The molecule has 0 fully saturated rings. The molecule has 1 N–H and O–H groups in total. The summed E-state index contributed by atoms with van der Waals surface area (Å²) in [6.07, 6.45) is 4.05. The first kappa shape index (κ1) is 21.6. The number of amides is 1. The monoisotopic (exact) mass is 427 g/mol. The van der Waals surface area contributed by atoms with Gasteiger partial charge in [-0.25, -0.2) is 4.98 Å². The van der Waals surface area contributed by atoms with Crippen LogP contribution in [0.25, 0.3) is 28.0 Å². The van der Waals surface area contributed by atoms with E-state index in [2.05, 4.69) is 41.0 Å². The van der Waals surface area contributed by atoms with Gasteiger partial charge in [0.1, 0.15) is 11.4 Å². The highest BCUT2D eigenvalue weighted by molar-refractivity contribution is 5.77. The number of hydrogen-bond donors (Lipinski definition) is 1. The van der Waals surface area contributed by atoms with Gasteiger partial charge in [0.15, 0.2) is 0 Å². The van der Waals surface area contributed by atoms with Gasteiger partial charge in [-0.05, 0) is 67.3 Å². The second-order valence-corrected chi connectivity index (χ2v) is 8.02. The molecule has 0 spiro atoms. The molecule has 32 heavy (non-hydrogen) atoms. The molecule has 0 aliphatic carbocycles. The predicted octanol–water partition coefficient (Wildman–Crippen LogP) is 5.52. The average Bonchev–Trinajstić information content (AvgIpc) is 3.21. The number of carbonyl (C=O) groups is 1. The maximum atomic E-state index is 12.5. The van der Waals surface area contributed by atoms with E-state index in [9.17, 15) is 4.79 Å². The van der Waals surface area contributed by atoms with Crippen molar-refractivity contribution in [1.29, 1.82) is 0 Å². The summed E-state index contributed by atoms with van der Waals surface area (Å²) >= 11 is 0. The molecule has 0 radical (unpaired) electrons. The summed E-state index contributed by atoms with van der Waals surface area (Å²) in [7, 11) is 1.66. The van der Waals surface area contributed by atoms with Crippen LogP contribution >= 0.6 is 0 Å². The highest BCUT2D eigenvalue weighted by Crippen LogP contribution is 2.29. The number of rotatable bonds is 8. The number of aryl methyl sites for hydroxylation is 1. The van der Waals surface area contributed by atoms with E-state index in [-0.39, 0.29) is 11.9 Å². The van der Waals surface area contributed by atoms with Crippen LogP contribution in [0, 0.1) is 0 Å². The van der Waals surface area contributed by atoms with E-state index in [1.165, 1.54) is 0 Å². The van der Waals surface area contributed by atoms with Crippen molar-refractivity contribution in [2.75, 3.05) is 7.11 Å². The second-order valence-electron chi connectivity index (χ2n) is 8.02. The molecule has 164 valence electrons. The minimum absolute atomic E-state index is 0.0641. The largest absolute Gasteiger partial charge is 0.497 e. The number of imidazole rings is 1. The molecule has 0 bridgehead atoms. The summed E-state index contributed by atoms with van der Waals surface area (Å²) in [5.74, 6) is 0.868. The Morgan fingerprint density at radius 2 is 1.72 bits per heavy atom. The van der Waals surface area contributed by atoms with Crippen molar-refractivity contribution >= 4 is 11.6 Å². The fraction of sp³-hybridized carbons (Fsp3) is 0.259. The predicted molar refractivity (Wildman–Crippen MR) is 129 cm³/mol. The Balaban J connectivity index is 1.75. The Kier molecular flexibility index (Phi) is 6.55. The van der Waals surface area contributed by atoms with Gasteiger partial charge in [-0.15, -0.1) is 0 Å². The maximum Gasteiger partial charge on any atom is 0.220 e. The number of ether oxygens (including phenoxy) is 1. The molecule has 2 heterocycles. The van der Waals surface area contributed by atoms with E-state index in [1.54, 1.807) is 7.11 Å². The van der Waals surface area contributed by atoms with Gasteiger partial charge in [-0.3, -0.25) is 4.79 Å². The summed E-state index contributed by atoms with van der Waals surface area (Å²) < 4.78 is 7.43. The third kappa shape index (κ3) is 4.67. The van der Waals surface area contributed by atoms with Crippen molar-refractivity contribution in [3.63, 3.8) is 0 Å². The van der Waals surface area contributed by atoms with Crippen LogP contribution in [-0.2, 0) is 11.2 Å². The highest BCUT2D eigenvalue weighted by Gasteiger charge is 2.17. The Morgan fingerprint density at radius 1 is 1.00 bits per heavy atom. The lowest BCUT2D eigenvalue weighted by molar-refractivity contribution is -0.121. The Hall–Kier alpha value is -3.60. The van der Waals surface area contributed by atoms with Gasteiger partial charge in [-0.1, -0.05) is 37.3 Å². The number of pyridine rings is 1. The molecule has 4 rings (SSSR count). The van der Waals surface area contributed by atoms with Crippen LogP contribution in [0.4, 0.5) is 0 Å². The van der Waals surface area contributed by atoms with Crippen molar-refractivity contribution < 1.29 is 9.53 Å². The van der Waals surface area contributed by atoms with Crippen molar-refractivity contribution in [2.45, 2.75) is 39.2 Å². The molecule has 2 aromatic heterocycles. The van der Waals surface area contributed by atoms with E-state index in [1.807, 2.05) is 55.5 Å². The van der Waals surface area contributed by atoms with E-state index < -0.39 is 0 Å². The fourth-order valence-corrected chi connectivity index (χ4v) is 3.79. The van der Waals surface area contributed by atoms with E-state index in [0.717, 1.165) is 45.9 Å². The maximum absolute atomic E-state index is 12.5. The third-order valence-electron chi connectivity index (χ3n) is 5.80. The topological polar surface area (TPSA) is 55.6 Å². The first-order chi connectivity index (χ1) is 15.6. The fourth-order valence-electron chi connectivity index (χ4n) is 3.79. The molecular weight excluding hydrogens is 398 g/mol. The molecule has 5 heteroatoms. The third-order valence-corrected chi connectivity index (χ3v) is 5.80. The molecule has 4 aromatic rings. The van der Waals surface area contributed by atoms with Crippen molar-refractivity contribution in [3.05, 3.63) is 78.6 Å². The number of aromatic nitrogens is 2. The van der Waals surface area contributed by atoms with Gasteiger partial charge in [0.2, 0.25) is 5.91 Å². The molecular formula is C27H29N3O2. The van der Waals surface area contributed by atoms with Gasteiger partial charge in [0.05, 0.1) is 18.5 Å². The number of fused-ring (bicyclic) bond motifs is 1.